The Labute approximate surface area is 116 Å². The predicted molar refractivity (Wildman–Crippen MR) is 73.5 cm³/mol. The first-order chi connectivity index (χ1) is 8.64. The molecular formula is C13H26O5Si. The molecule has 0 bridgehead atoms. The molecule has 2 saturated heterocycles. The highest BCUT2D eigenvalue weighted by Crippen LogP contribution is 2.45. The number of hydrogen-bond donors (Lipinski definition) is 1. The van der Waals surface area contributed by atoms with E-state index in [4.69, 9.17) is 18.6 Å². The molecule has 0 aliphatic carbocycles. The van der Waals surface area contributed by atoms with Crippen molar-refractivity contribution < 1.29 is 23.7 Å². The molecule has 1 N–H and O–H groups in total. The van der Waals surface area contributed by atoms with Crippen molar-refractivity contribution in [1.29, 1.82) is 0 Å². The molecule has 2 aliphatic heterocycles. The van der Waals surface area contributed by atoms with Crippen LogP contribution in [-0.4, -0.2) is 57.8 Å². The maximum atomic E-state index is 10.1. The second-order valence-corrected chi connectivity index (χ2v) is 11.8. The molecule has 0 aromatic heterocycles. The van der Waals surface area contributed by atoms with Crippen molar-refractivity contribution in [1.82, 2.24) is 0 Å². The van der Waals surface area contributed by atoms with Crippen LogP contribution in [0.25, 0.3) is 0 Å². The first kappa shape index (κ1) is 15.4. The van der Waals surface area contributed by atoms with Crippen molar-refractivity contribution in [2.75, 3.05) is 20.3 Å². The van der Waals surface area contributed by atoms with E-state index in [1.165, 1.54) is 7.11 Å². The van der Waals surface area contributed by atoms with Gasteiger partial charge in [0.15, 0.2) is 20.2 Å². The van der Waals surface area contributed by atoms with E-state index in [-0.39, 0.29) is 11.1 Å². The maximum absolute atomic E-state index is 10.1. The van der Waals surface area contributed by atoms with E-state index >= 15 is 0 Å². The third-order valence-electron chi connectivity index (χ3n) is 4.71. The molecule has 0 saturated carbocycles. The first-order valence-corrected chi connectivity index (χ1v) is 9.69. The van der Waals surface area contributed by atoms with E-state index in [9.17, 15) is 5.11 Å². The molecule has 2 rings (SSSR count). The minimum Gasteiger partial charge on any atom is -0.414 e. The van der Waals surface area contributed by atoms with Gasteiger partial charge in [0.2, 0.25) is 0 Å². The topological polar surface area (TPSA) is 60.5 Å². The molecule has 19 heavy (non-hydrogen) atoms. The third-order valence-corrected chi connectivity index (χ3v) is 9.21. The predicted octanol–water partition coefficient (Wildman–Crippen LogP) is 1.51. The number of methoxy groups -OCH3 is 1. The number of hydrogen-bond acceptors (Lipinski definition) is 5. The van der Waals surface area contributed by atoms with Crippen molar-refractivity contribution in [2.24, 2.45) is 0 Å². The Hall–Kier alpha value is 0.0169. The molecule has 112 valence electrons. The van der Waals surface area contributed by atoms with E-state index < -0.39 is 26.3 Å². The van der Waals surface area contributed by atoms with Crippen LogP contribution in [0.2, 0.25) is 18.1 Å². The zero-order valence-electron chi connectivity index (χ0n) is 12.7. The lowest BCUT2D eigenvalue weighted by atomic mass is 10.0. The van der Waals surface area contributed by atoms with Crippen LogP contribution in [0.1, 0.15) is 20.8 Å². The molecule has 2 fully saturated rings. The van der Waals surface area contributed by atoms with E-state index in [0.717, 1.165) is 0 Å². The summed E-state index contributed by atoms with van der Waals surface area (Å²) in [6.45, 7) is 12.0. The highest BCUT2D eigenvalue weighted by Gasteiger charge is 2.66. The van der Waals surface area contributed by atoms with Crippen LogP contribution >= 0.6 is 0 Å². The maximum Gasteiger partial charge on any atom is 0.192 e. The van der Waals surface area contributed by atoms with Crippen LogP contribution in [0.15, 0.2) is 0 Å². The van der Waals surface area contributed by atoms with Gasteiger partial charge in [0, 0.05) is 7.11 Å². The standard InChI is InChI=1S/C13H26O5Si/c1-12(2,3)19(5,6)17-7-9-13(8-16-13)10(14)11(15-4)18-9/h9-11,14H,7-8H2,1-6H3/t9-,10-,11+,13-/m1/s1. The molecule has 6 heteroatoms. The van der Waals surface area contributed by atoms with Crippen LogP contribution in [0.4, 0.5) is 0 Å². The molecule has 2 aliphatic rings. The van der Waals surface area contributed by atoms with Gasteiger partial charge in [-0.05, 0) is 18.1 Å². The summed E-state index contributed by atoms with van der Waals surface area (Å²) in [4.78, 5) is 0. The van der Waals surface area contributed by atoms with Crippen LogP contribution in [0.5, 0.6) is 0 Å². The molecule has 4 atom stereocenters. The van der Waals surface area contributed by atoms with Crippen molar-refractivity contribution in [3.63, 3.8) is 0 Å². The summed E-state index contributed by atoms with van der Waals surface area (Å²) in [5.74, 6) is 0. The highest BCUT2D eigenvalue weighted by atomic mass is 28.4. The minimum absolute atomic E-state index is 0.155. The molecule has 1 spiro atoms. The van der Waals surface area contributed by atoms with E-state index in [0.29, 0.717) is 13.2 Å². The van der Waals surface area contributed by atoms with Crippen LogP contribution in [0, 0.1) is 0 Å². The van der Waals surface area contributed by atoms with Crippen molar-refractivity contribution in [3.8, 4) is 0 Å². The summed E-state index contributed by atoms with van der Waals surface area (Å²) >= 11 is 0. The summed E-state index contributed by atoms with van der Waals surface area (Å²) in [6, 6.07) is 0. The smallest absolute Gasteiger partial charge is 0.192 e. The van der Waals surface area contributed by atoms with Crippen LogP contribution in [-0.2, 0) is 18.6 Å². The van der Waals surface area contributed by atoms with Gasteiger partial charge >= 0.3 is 0 Å². The van der Waals surface area contributed by atoms with Gasteiger partial charge in [0.05, 0.1) is 13.2 Å². The van der Waals surface area contributed by atoms with Crippen molar-refractivity contribution >= 4 is 8.32 Å². The quantitative estimate of drug-likeness (QED) is 0.628. The van der Waals surface area contributed by atoms with Crippen molar-refractivity contribution in [3.05, 3.63) is 0 Å². The average molecular weight is 290 g/mol. The molecule has 0 amide bonds. The first-order valence-electron chi connectivity index (χ1n) is 6.78. The van der Waals surface area contributed by atoms with Gasteiger partial charge in [0.1, 0.15) is 12.2 Å². The van der Waals surface area contributed by atoms with Crippen LogP contribution in [0.3, 0.4) is 0 Å². The van der Waals surface area contributed by atoms with E-state index in [2.05, 4.69) is 33.9 Å². The van der Waals surface area contributed by atoms with Crippen LogP contribution < -0.4 is 0 Å². The number of ether oxygens (including phenoxy) is 3. The Morgan fingerprint density at radius 3 is 2.37 bits per heavy atom. The summed E-state index contributed by atoms with van der Waals surface area (Å²) in [5, 5.41) is 10.3. The molecule has 0 unspecified atom stereocenters. The number of rotatable bonds is 4. The normalized spacial score (nSPS) is 39.0. The van der Waals surface area contributed by atoms with Crippen molar-refractivity contribution in [2.45, 2.75) is 63.0 Å². The second-order valence-electron chi connectivity index (χ2n) is 6.99. The van der Waals surface area contributed by atoms with Gasteiger partial charge < -0.3 is 23.7 Å². The van der Waals surface area contributed by atoms with Gasteiger partial charge in [-0.15, -0.1) is 0 Å². The Bertz CT molecular complexity index is 334. The monoisotopic (exact) mass is 290 g/mol. The molecule has 0 radical (unpaired) electrons. The fourth-order valence-corrected chi connectivity index (χ4v) is 3.08. The summed E-state index contributed by atoms with van der Waals surface area (Å²) in [7, 11) is -0.291. The SMILES string of the molecule is CO[C@H]1O[C@H](CO[Si](C)(C)C(C)(C)C)[C@]2(CO2)[C@@H]1O. The lowest BCUT2D eigenvalue weighted by Gasteiger charge is -2.37. The molecule has 5 nitrogen and oxygen atoms in total. The Morgan fingerprint density at radius 1 is 1.37 bits per heavy atom. The Balaban J connectivity index is 1.98. The third kappa shape index (κ3) is 2.62. The Morgan fingerprint density at radius 2 is 1.95 bits per heavy atom. The zero-order chi connectivity index (χ0) is 14.5. The average Bonchev–Trinajstić information content (AvgIpc) is 3.03. The number of epoxide rings is 1. The van der Waals surface area contributed by atoms with Gasteiger partial charge in [-0.2, -0.15) is 0 Å². The van der Waals surface area contributed by atoms with E-state index in [1.54, 1.807) is 0 Å². The number of aliphatic hydroxyl groups excluding tert-OH is 1. The molecular weight excluding hydrogens is 264 g/mol. The molecule has 2 heterocycles. The second kappa shape index (κ2) is 4.79. The summed E-state index contributed by atoms with van der Waals surface area (Å²) < 4.78 is 22.4. The van der Waals surface area contributed by atoms with Gasteiger partial charge in [-0.25, -0.2) is 0 Å². The summed E-state index contributed by atoms with van der Waals surface area (Å²) in [5.41, 5.74) is -0.608. The largest absolute Gasteiger partial charge is 0.414 e. The lowest BCUT2D eigenvalue weighted by Crippen LogP contribution is -2.45. The fraction of sp³-hybridized carbons (Fsp3) is 1.00. The zero-order valence-corrected chi connectivity index (χ0v) is 13.7. The highest BCUT2D eigenvalue weighted by molar-refractivity contribution is 6.74. The van der Waals surface area contributed by atoms with E-state index in [1.807, 2.05) is 0 Å². The van der Waals surface area contributed by atoms with Gasteiger partial charge in [0.25, 0.3) is 0 Å². The minimum atomic E-state index is -1.82. The van der Waals surface area contributed by atoms with Gasteiger partial charge in [-0.3, -0.25) is 0 Å². The lowest BCUT2D eigenvalue weighted by molar-refractivity contribution is -0.152. The number of aliphatic hydroxyl groups is 1. The molecule has 0 aromatic rings. The Kier molecular flexibility index (Phi) is 3.88. The fourth-order valence-electron chi connectivity index (χ4n) is 2.08. The molecule has 0 aromatic carbocycles. The van der Waals surface area contributed by atoms with Gasteiger partial charge in [-0.1, -0.05) is 20.8 Å². The summed E-state index contributed by atoms with van der Waals surface area (Å²) in [6.07, 6.45) is -1.59.